The minimum Gasteiger partial charge on any atom is -0.383 e. The molecule has 0 fully saturated rings. The van der Waals surface area contributed by atoms with E-state index in [1.807, 2.05) is 0 Å². The first kappa shape index (κ1) is 22.2. The molecule has 0 heterocycles. The molecular formula is C20H22F3N3O3. The van der Waals surface area contributed by atoms with Crippen LogP contribution in [-0.2, 0) is 10.9 Å². The molecule has 156 valence electrons. The van der Waals surface area contributed by atoms with E-state index in [0.717, 1.165) is 24.3 Å². The molecule has 2 rings (SSSR count). The van der Waals surface area contributed by atoms with Crippen LogP contribution in [0.15, 0.2) is 42.5 Å². The van der Waals surface area contributed by atoms with E-state index in [1.54, 1.807) is 31.1 Å². The molecule has 6 nitrogen and oxygen atoms in total. The molecule has 2 aromatic carbocycles. The van der Waals surface area contributed by atoms with Gasteiger partial charge in [0.15, 0.2) is 0 Å². The van der Waals surface area contributed by atoms with Crippen molar-refractivity contribution >= 4 is 23.2 Å². The smallest absolute Gasteiger partial charge is 0.383 e. The number of hydrogen-bond acceptors (Lipinski definition) is 4. The van der Waals surface area contributed by atoms with Crippen molar-refractivity contribution in [2.24, 2.45) is 0 Å². The maximum absolute atomic E-state index is 12.7. The third kappa shape index (κ3) is 5.95. The minimum absolute atomic E-state index is 0.0702. The number of methoxy groups -OCH3 is 1. The molecule has 0 aliphatic heterocycles. The van der Waals surface area contributed by atoms with Crippen LogP contribution in [0.2, 0.25) is 0 Å². The summed E-state index contributed by atoms with van der Waals surface area (Å²) < 4.78 is 42.9. The summed E-state index contributed by atoms with van der Waals surface area (Å²) in [7, 11) is 5.08. The average Bonchev–Trinajstić information content (AvgIpc) is 2.67. The molecule has 29 heavy (non-hydrogen) atoms. The number of carbonyl (C=O) groups is 2. The van der Waals surface area contributed by atoms with Crippen molar-refractivity contribution in [2.75, 3.05) is 44.6 Å². The zero-order valence-corrected chi connectivity index (χ0v) is 16.3. The van der Waals surface area contributed by atoms with Crippen LogP contribution in [0.25, 0.3) is 0 Å². The number of amides is 2. The fourth-order valence-corrected chi connectivity index (χ4v) is 2.56. The Morgan fingerprint density at radius 1 is 1.03 bits per heavy atom. The lowest BCUT2D eigenvalue weighted by Crippen LogP contribution is -2.28. The number of benzene rings is 2. The first-order valence-corrected chi connectivity index (χ1v) is 8.70. The topological polar surface area (TPSA) is 70.7 Å². The van der Waals surface area contributed by atoms with Gasteiger partial charge in [0.2, 0.25) is 0 Å². The summed E-state index contributed by atoms with van der Waals surface area (Å²) in [5, 5.41) is 5.32. The quantitative estimate of drug-likeness (QED) is 0.688. The second-order valence-electron chi connectivity index (χ2n) is 6.40. The molecule has 2 aromatic rings. The van der Waals surface area contributed by atoms with E-state index in [9.17, 15) is 22.8 Å². The SMILES string of the molecule is COCCNC(=O)c1cc(NC(=O)c2ccc(C(F)(F)F)cc2)ccc1N(C)C. The predicted octanol–water partition coefficient (Wildman–Crippen LogP) is 3.40. The van der Waals surface area contributed by atoms with Gasteiger partial charge >= 0.3 is 6.18 Å². The number of nitrogens with zero attached hydrogens (tertiary/aromatic N) is 1. The number of anilines is 2. The monoisotopic (exact) mass is 409 g/mol. The zero-order valence-electron chi connectivity index (χ0n) is 16.3. The van der Waals surface area contributed by atoms with Crippen molar-refractivity contribution in [2.45, 2.75) is 6.18 Å². The van der Waals surface area contributed by atoms with Gasteiger partial charge in [0.25, 0.3) is 11.8 Å². The number of carbonyl (C=O) groups excluding carboxylic acids is 2. The Bertz CT molecular complexity index is 866. The summed E-state index contributed by atoms with van der Waals surface area (Å²) in [6.45, 7) is 0.678. The van der Waals surface area contributed by atoms with Crippen LogP contribution in [0.4, 0.5) is 24.5 Å². The van der Waals surface area contributed by atoms with E-state index < -0.39 is 17.6 Å². The van der Waals surface area contributed by atoms with Crippen LogP contribution < -0.4 is 15.5 Å². The van der Waals surface area contributed by atoms with Gasteiger partial charge in [-0.3, -0.25) is 9.59 Å². The summed E-state index contributed by atoms with van der Waals surface area (Å²) >= 11 is 0. The highest BCUT2D eigenvalue weighted by Gasteiger charge is 2.30. The van der Waals surface area contributed by atoms with Crippen molar-refractivity contribution < 1.29 is 27.5 Å². The third-order valence-electron chi connectivity index (χ3n) is 4.05. The number of nitrogens with one attached hydrogen (secondary N) is 2. The highest BCUT2D eigenvalue weighted by Crippen LogP contribution is 2.29. The number of hydrogen-bond donors (Lipinski definition) is 2. The third-order valence-corrected chi connectivity index (χ3v) is 4.05. The number of alkyl halides is 3. The standard InChI is InChI=1S/C20H22F3N3O3/c1-26(2)17-9-8-15(12-16(17)19(28)24-10-11-29-3)25-18(27)13-4-6-14(7-5-13)20(21,22)23/h4-9,12H,10-11H2,1-3H3,(H,24,28)(H,25,27). The summed E-state index contributed by atoms with van der Waals surface area (Å²) in [5.74, 6) is -0.918. The van der Waals surface area contributed by atoms with Crippen molar-refractivity contribution in [1.29, 1.82) is 0 Å². The molecule has 0 aliphatic carbocycles. The van der Waals surface area contributed by atoms with E-state index in [0.29, 0.717) is 30.1 Å². The molecule has 2 N–H and O–H groups in total. The highest BCUT2D eigenvalue weighted by atomic mass is 19.4. The summed E-state index contributed by atoms with van der Waals surface area (Å²) in [6.07, 6.45) is -4.47. The minimum atomic E-state index is -4.47. The van der Waals surface area contributed by atoms with E-state index in [2.05, 4.69) is 10.6 Å². The van der Waals surface area contributed by atoms with Crippen molar-refractivity contribution in [3.05, 3.63) is 59.2 Å². The second-order valence-corrected chi connectivity index (χ2v) is 6.40. The van der Waals surface area contributed by atoms with Gasteiger partial charge in [-0.25, -0.2) is 0 Å². The van der Waals surface area contributed by atoms with Gasteiger partial charge in [-0.05, 0) is 42.5 Å². The van der Waals surface area contributed by atoms with Gasteiger partial charge < -0.3 is 20.3 Å². The molecule has 0 aromatic heterocycles. The second kappa shape index (κ2) is 9.42. The lowest BCUT2D eigenvalue weighted by atomic mass is 10.1. The van der Waals surface area contributed by atoms with Crippen LogP contribution in [0.3, 0.4) is 0 Å². The van der Waals surface area contributed by atoms with Crippen molar-refractivity contribution in [3.8, 4) is 0 Å². The Labute approximate surface area is 166 Å². The molecular weight excluding hydrogens is 387 g/mol. The molecule has 0 bridgehead atoms. The van der Waals surface area contributed by atoms with E-state index in [-0.39, 0.29) is 11.5 Å². The highest BCUT2D eigenvalue weighted by molar-refractivity contribution is 6.06. The predicted molar refractivity (Wildman–Crippen MR) is 104 cm³/mol. The molecule has 2 amide bonds. The fourth-order valence-electron chi connectivity index (χ4n) is 2.56. The summed E-state index contributed by atoms with van der Waals surface area (Å²) in [5.41, 5.74) is 0.571. The van der Waals surface area contributed by atoms with Crippen LogP contribution in [0.5, 0.6) is 0 Å². The molecule has 9 heteroatoms. The van der Waals surface area contributed by atoms with Crippen LogP contribution in [0, 0.1) is 0 Å². The Balaban J connectivity index is 2.20. The van der Waals surface area contributed by atoms with Crippen LogP contribution >= 0.6 is 0 Å². The Morgan fingerprint density at radius 2 is 1.69 bits per heavy atom. The van der Waals surface area contributed by atoms with Gasteiger partial charge in [0.1, 0.15) is 0 Å². The van der Waals surface area contributed by atoms with E-state index >= 15 is 0 Å². The summed E-state index contributed by atoms with van der Waals surface area (Å²) in [4.78, 5) is 26.6. The number of ether oxygens (including phenoxy) is 1. The van der Waals surface area contributed by atoms with E-state index in [1.165, 1.54) is 13.2 Å². The normalized spacial score (nSPS) is 11.1. The maximum atomic E-state index is 12.7. The van der Waals surface area contributed by atoms with E-state index in [4.69, 9.17) is 4.74 Å². The Morgan fingerprint density at radius 3 is 2.24 bits per heavy atom. The summed E-state index contributed by atoms with van der Waals surface area (Å²) in [6, 6.07) is 8.70. The molecule has 0 radical (unpaired) electrons. The van der Waals surface area contributed by atoms with Crippen molar-refractivity contribution in [3.63, 3.8) is 0 Å². The number of halogens is 3. The Kier molecular flexibility index (Phi) is 7.22. The van der Waals surface area contributed by atoms with Gasteiger partial charge in [0.05, 0.1) is 17.7 Å². The lowest BCUT2D eigenvalue weighted by molar-refractivity contribution is -0.137. The van der Waals surface area contributed by atoms with Crippen molar-refractivity contribution in [1.82, 2.24) is 5.32 Å². The average molecular weight is 409 g/mol. The van der Waals surface area contributed by atoms with Gasteiger partial charge in [0, 0.05) is 44.7 Å². The lowest BCUT2D eigenvalue weighted by Gasteiger charge is -2.18. The molecule has 0 saturated carbocycles. The molecule has 0 atom stereocenters. The van der Waals surface area contributed by atoms with Crippen LogP contribution in [0.1, 0.15) is 26.3 Å². The molecule has 0 spiro atoms. The fraction of sp³-hybridized carbons (Fsp3) is 0.300. The number of rotatable bonds is 7. The molecule has 0 aliphatic rings. The molecule has 0 unspecified atom stereocenters. The maximum Gasteiger partial charge on any atom is 0.416 e. The van der Waals surface area contributed by atoms with Gasteiger partial charge in [-0.2, -0.15) is 13.2 Å². The first-order valence-electron chi connectivity index (χ1n) is 8.70. The largest absolute Gasteiger partial charge is 0.416 e. The Hall–Kier alpha value is -3.07. The van der Waals surface area contributed by atoms with Gasteiger partial charge in [-0.15, -0.1) is 0 Å². The molecule has 0 saturated heterocycles. The van der Waals surface area contributed by atoms with Crippen LogP contribution in [-0.4, -0.2) is 46.2 Å². The first-order chi connectivity index (χ1) is 13.6. The zero-order chi connectivity index (χ0) is 21.6. The van der Waals surface area contributed by atoms with Gasteiger partial charge in [-0.1, -0.05) is 0 Å².